The maximum atomic E-state index is 13.1. The molecule has 0 radical (unpaired) electrons. The summed E-state index contributed by atoms with van der Waals surface area (Å²) in [5.74, 6) is 3.49. The summed E-state index contributed by atoms with van der Waals surface area (Å²) in [5, 5.41) is 9.34. The molecule has 0 unspecified atom stereocenters. The van der Waals surface area contributed by atoms with Crippen LogP contribution in [0.15, 0.2) is 47.6 Å². The number of carbonyl (C=O) groups excluding carboxylic acids is 1. The van der Waals surface area contributed by atoms with Crippen LogP contribution in [0.25, 0.3) is 11.4 Å². The van der Waals surface area contributed by atoms with Gasteiger partial charge in [0.1, 0.15) is 19.0 Å². The smallest absolute Gasteiger partial charge is 0.233 e. The molecule has 0 saturated carbocycles. The van der Waals surface area contributed by atoms with Crippen molar-refractivity contribution in [1.29, 1.82) is 0 Å². The van der Waals surface area contributed by atoms with Crippen molar-refractivity contribution in [2.45, 2.75) is 24.0 Å². The minimum Gasteiger partial charge on any atom is -0.497 e. The molecular formula is C24H26N4O4S. The van der Waals surface area contributed by atoms with Crippen molar-refractivity contribution < 1.29 is 19.0 Å². The molecule has 5 rings (SSSR count). The van der Waals surface area contributed by atoms with Gasteiger partial charge in [0.05, 0.1) is 18.9 Å². The van der Waals surface area contributed by atoms with Gasteiger partial charge < -0.3 is 23.7 Å². The molecule has 1 saturated heterocycles. The highest BCUT2D eigenvalue weighted by molar-refractivity contribution is 7.99. The van der Waals surface area contributed by atoms with Crippen LogP contribution in [0.1, 0.15) is 24.4 Å². The first-order valence-corrected chi connectivity index (χ1v) is 12.0. The third-order valence-corrected chi connectivity index (χ3v) is 7.04. The van der Waals surface area contributed by atoms with Crippen LogP contribution in [0.2, 0.25) is 0 Å². The summed E-state index contributed by atoms with van der Waals surface area (Å²) in [4.78, 5) is 15.1. The van der Waals surface area contributed by atoms with Crippen LogP contribution < -0.4 is 14.2 Å². The summed E-state index contributed by atoms with van der Waals surface area (Å²) in [5.41, 5.74) is 2.04. The molecule has 33 heavy (non-hydrogen) atoms. The van der Waals surface area contributed by atoms with Crippen LogP contribution in [-0.4, -0.2) is 58.2 Å². The van der Waals surface area contributed by atoms with Gasteiger partial charge in [0.2, 0.25) is 5.91 Å². The Kier molecular flexibility index (Phi) is 6.13. The van der Waals surface area contributed by atoms with E-state index >= 15 is 0 Å². The SMILES string of the molecule is COc1ccc(-c2nnc(SCC(=O)N3CCC[C@H]3c3ccc4c(c3)OCCO4)n2C)cc1. The van der Waals surface area contributed by atoms with E-state index in [9.17, 15) is 4.79 Å². The van der Waals surface area contributed by atoms with Crippen molar-refractivity contribution in [2.75, 3.05) is 32.6 Å². The van der Waals surface area contributed by atoms with E-state index in [1.165, 1.54) is 11.8 Å². The summed E-state index contributed by atoms with van der Waals surface area (Å²) in [7, 11) is 3.56. The molecule has 2 aliphatic rings. The molecule has 0 spiro atoms. The molecule has 2 aromatic carbocycles. The number of thioether (sulfide) groups is 1. The number of methoxy groups -OCH3 is 1. The molecule has 2 aliphatic heterocycles. The third kappa shape index (κ3) is 4.37. The Balaban J connectivity index is 1.26. The Morgan fingerprint density at radius 1 is 1.12 bits per heavy atom. The second-order valence-electron chi connectivity index (χ2n) is 8.03. The molecule has 0 N–H and O–H groups in total. The topological polar surface area (TPSA) is 78.7 Å². The maximum absolute atomic E-state index is 13.1. The van der Waals surface area contributed by atoms with E-state index in [2.05, 4.69) is 10.2 Å². The highest BCUT2D eigenvalue weighted by Crippen LogP contribution is 2.38. The highest BCUT2D eigenvalue weighted by Gasteiger charge is 2.31. The molecule has 1 aromatic heterocycles. The summed E-state index contributed by atoms with van der Waals surface area (Å²) in [6.45, 7) is 1.88. The number of carbonyl (C=O) groups is 1. The molecule has 1 fully saturated rings. The minimum absolute atomic E-state index is 0.0586. The van der Waals surface area contributed by atoms with Gasteiger partial charge in [0.25, 0.3) is 0 Å². The quantitative estimate of drug-likeness (QED) is 0.513. The van der Waals surface area contributed by atoms with Crippen LogP contribution in [0, 0.1) is 0 Å². The van der Waals surface area contributed by atoms with Crippen molar-refractivity contribution in [3.8, 4) is 28.6 Å². The molecule has 0 aliphatic carbocycles. The lowest BCUT2D eigenvalue weighted by molar-refractivity contribution is -0.129. The van der Waals surface area contributed by atoms with E-state index in [0.717, 1.165) is 53.6 Å². The molecular weight excluding hydrogens is 440 g/mol. The average molecular weight is 467 g/mol. The number of hydrogen-bond acceptors (Lipinski definition) is 7. The Bertz CT molecular complexity index is 1150. The van der Waals surface area contributed by atoms with Gasteiger partial charge in [-0.3, -0.25) is 4.79 Å². The van der Waals surface area contributed by atoms with Crippen LogP contribution in [0.5, 0.6) is 17.2 Å². The van der Waals surface area contributed by atoms with E-state index in [0.29, 0.717) is 24.1 Å². The van der Waals surface area contributed by atoms with Crippen LogP contribution in [0.3, 0.4) is 0 Å². The van der Waals surface area contributed by atoms with Gasteiger partial charge in [-0.05, 0) is 54.8 Å². The lowest BCUT2D eigenvalue weighted by atomic mass is 10.0. The molecule has 8 nitrogen and oxygen atoms in total. The second kappa shape index (κ2) is 9.35. The number of likely N-dealkylation sites (tertiary alicyclic amines) is 1. The van der Waals surface area contributed by atoms with E-state index < -0.39 is 0 Å². The minimum atomic E-state index is 0.0586. The fourth-order valence-electron chi connectivity index (χ4n) is 4.32. The number of nitrogens with zero attached hydrogens (tertiary/aromatic N) is 4. The lowest BCUT2D eigenvalue weighted by Crippen LogP contribution is -2.32. The molecule has 0 bridgehead atoms. The Hall–Kier alpha value is -3.20. The van der Waals surface area contributed by atoms with Gasteiger partial charge in [-0.1, -0.05) is 17.8 Å². The summed E-state index contributed by atoms with van der Waals surface area (Å²) in [6.07, 6.45) is 1.93. The summed E-state index contributed by atoms with van der Waals surface area (Å²) < 4.78 is 18.5. The van der Waals surface area contributed by atoms with Crippen LogP contribution in [-0.2, 0) is 11.8 Å². The first-order chi connectivity index (χ1) is 16.1. The number of rotatable bonds is 6. The first-order valence-electron chi connectivity index (χ1n) is 11.0. The number of hydrogen-bond donors (Lipinski definition) is 0. The van der Waals surface area contributed by atoms with Crippen molar-refractivity contribution >= 4 is 17.7 Å². The Labute approximate surface area is 196 Å². The van der Waals surface area contributed by atoms with Crippen molar-refractivity contribution in [3.05, 3.63) is 48.0 Å². The van der Waals surface area contributed by atoms with E-state index in [-0.39, 0.29) is 11.9 Å². The standard InChI is InChI=1S/C24H26N4O4S/c1-27-23(16-5-8-18(30-2)9-6-16)25-26-24(27)33-15-22(29)28-11-3-4-19(28)17-7-10-20-21(14-17)32-13-12-31-20/h5-10,14,19H,3-4,11-13,15H2,1-2H3/t19-/m0/s1. The van der Waals surface area contributed by atoms with Crippen molar-refractivity contribution in [2.24, 2.45) is 7.05 Å². The van der Waals surface area contributed by atoms with Gasteiger partial charge >= 0.3 is 0 Å². The number of fused-ring (bicyclic) bond motifs is 1. The van der Waals surface area contributed by atoms with Gasteiger partial charge in [0.15, 0.2) is 22.5 Å². The fraction of sp³-hybridized carbons (Fsp3) is 0.375. The van der Waals surface area contributed by atoms with Gasteiger partial charge in [-0.25, -0.2) is 0 Å². The summed E-state index contributed by atoms with van der Waals surface area (Å²) >= 11 is 1.41. The highest BCUT2D eigenvalue weighted by atomic mass is 32.2. The molecule has 1 amide bonds. The number of benzene rings is 2. The monoisotopic (exact) mass is 466 g/mol. The zero-order chi connectivity index (χ0) is 22.8. The van der Waals surface area contributed by atoms with Crippen molar-refractivity contribution in [3.63, 3.8) is 0 Å². The zero-order valence-corrected chi connectivity index (χ0v) is 19.5. The number of amides is 1. The molecule has 9 heteroatoms. The number of ether oxygens (including phenoxy) is 3. The van der Waals surface area contributed by atoms with Crippen molar-refractivity contribution in [1.82, 2.24) is 19.7 Å². The van der Waals surface area contributed by atoms with E-state index in [4.69, 9.17) is 14.2 Å². The van der Waals surface area contributed by atoms with Gasteiger partial charge in [-0.15, -0.1) is 10.2 Å². The Morgan fingerprint density at radius 2 is 1.91 bits per heavy atom. The molecule has 3 aromatic rings. The van der Waals surface area contributed by atoms with Gasteiger partial charge in [0, 0.05) is 19.2 Å². The lowest BCUT2D eigenvalue weighted by Gasteiger charge is -2.26. The number of aromatic nitrogens is 3. The van der Waals surface area contributed by atoms with Crippen LogP contribution in [0.4, 0.5) is 0 Å². The average Bonchev–Trinajstić information content (AvgIpc) is 3.49. The Morgan fingerprint density at radius 3 is 2.70 bits per heavy atom. The molecule has 3 heterocycles. The molecule has 1 atom stereocenters. The largest absolute Gasteiger partial charge is 0.497 e. The maximum Gasteiger partial charge on any atom is 0.233 e. The van der Waals surface area contributed by atoms with Gasteiger partial charge in [-0.2, -0.15) is 0 Å². The third-order valence-electron chi connectivity index (χ3n) is 6.03. The van der Waals surface area contributed by atoms with E-state index in [1.54, 1.807) is 7.11 Å². The van der Waals surface area contributed by atoms with E-state index in [1.807, 2.05) is 59.0 Å². The predicted molar refractivity (Wildman–Crippen MR) is 125 cm³/mol. The molecule has 172 valence electrons. The first kappa shape index (κ1) is 21.6. The zero-order valence-electron chi connectivity index (χ0n) is 18.7. The second-order valence-corrected chi connectivity index (χ2v) is 8.97. The summed E-state index contributed by atoms with van der Waals surface area (Å²) in [6, 6.07) is 13.7. The predicted octanol–water partition coefficient (Wildman–Crippen LogP) is 3.72. The fourth-order valence-corrected chi connectivity index (χ4v) is 5.12. The van der Waals surface area contributed by atoms with Crippen LogP contribution >= 0.6 is 11.8 Å². The normalized spacial score (nSPS) is 17.3.